The van der Waals surface area contributed by atoms with Crippen LogP contribution < -0.4 is 5.32 Å². The third kappa shape index (κ3) is 3.25. The number of H-pyrrole nitrogens is 1. The SMILES string of the molecule is CCc1nc(C(=O)NC2CCCC(SC)C2)n[nH]1. The standard InChI is InChI=1S/C12H20N4OS/c1-3-10-14-11(16-15-10)12(17)13-8-5-4-6-9(7-8)18-2/h8-9H,3-7H2,1-2H3,(H,13,17)(H,14,15,16). The maximum Gasteiger partial charge on any atom is 0.291 e. The summed E-state index contributed by atoms with van der Waals surface area (Å²) in [4.78, 5) is 16.1. The Morgan fingerprint density at radius 1 is 1.56 bits per heavy atom. The van der Waals surface area contributed by atoms with Crippen LogP contribution in [0.25, 0.3) is 0 Å². The van der Waals surface area contributed by atoms with Gasteiger partial charge >= 0.3 is 0 Å². The average Bonchev–Trinajstić information content (AvgIpc) is 2.88. The van der Waals surface area contributed by atoms with Gasteiger partial charge in [0.05, 0.1) is 0 Å². The number of thioether (sulfide) groups is 1. The number of rotatable bonds is 4. The Morgan fingerprint density at radius 3 is 3.06 bits per heavy atom. The van der Waals surface area contributed by atoms with Crippen LogP contribution in [-0.4, -0.2) is 38.6 Å². The molecular weight excluding hydrogens is 248 g/mol. The van der Waals surface area contributed by atoms with Crippen LogP contribution in [0.3, 0.4) is 0 Å². The molecule has 1 saturated carbocycles. The van der Waals surface area contributed by atoms with E-state index in [0.717, 1.165) is 25.1 Å². The van der Waals surface area contributed by atoms with Gasteiger partial charge in [-0.3, -0.25) is 9.89 Å². The number of aryl methyl sites for hydroxylation is 1. The summed E-state index contributed by atoms with van der Waals surface area (Å²) in [6, 6.07) is 0.271. The fourth-order valence-electron chi connectivity index (χ4n) is 2.30. The summed E-state index contributed by atoms with van der Waals surface area (Å²) in [6.07, 6.45) is 7.46. The lowest BCUT2D eigenvalue weighted by Crippen LogP contribution is -2.39. The zero-order valence-electron chi connectivity index (χ0n) is 10.9. The van der Waals surface area contributed by atoms with Crippen LogP contribution in [0.5, 0.6) is 0 Å². The predicted octanol–water partition coefficient (Wildman–Crippen LogP) is 1.77. The van der Waals surface area contributed by atoms with Crippen molar-refractivity contribution in [1.29, 1.82) is 0 Å². The van der Waals surface area contributed by atoms with Crippen molar-refractivity contribution in [3.8, 4) is 0 Å². The first-order chi connectivity index (χ1) is 8.72. The number of nitrogens with zero attached hydrogens (tertiary/aromatic N) is 2. The van der Waals surface area contributed by atoms with Crippen LogP contribution in [0.1, 0.15) is 49.1 Å². The van der Waals surface area contributed by atoms with Gasteiger partial charge in [-0.2, -0.15) is 11.8 Å². The molecule has 6 heteroatoms. The molecule has 1 heterocycles. The molecule has 5 nitrogen and oxygen atoms in total. The highest BCUT2D eigenvalue weighted by Crippen LogP contribution is 2.26. The summed E-state index contributed by atoms with van der Waals surface area (Å²) in [5.41, 5.74) is 0. The van der Waals surface area contributed by atoms with Crippen molar-refractivity contribution in [2.24, 2.45) is 0 Å². The normalized spacial score (nSPS) is 23.9. The van der Waals surface area contributed by atoms with Crippen LogP contribution >= 0.6 is 11.8 Å². The summed E-state index contributed by atoms with van der Waals surface area (Å²) < 4.78 is 0. The maximum absolute atomic E-state index is 12.0. The van der Waals surface area contributed by atoms with Crippen LogP contribution in [-0.2, 0) is 6.42 Å². The number of carbonyl (C=O) groups excluding carboxylic acids is 1. The van der Waals surface area contributed by atoms with E-state index in [1.54, 1.807) is 0 Å². The molecule has 0 bridgehead atoms. The minimum Gasteiger partial charge on any atom is -0.346 e. The molecule has 18 heavy (non-hydrogen) atoms. The largest absolute Gasteiger partial charge is 0.346 e. The number of aromatic amines is 1. The highest BCUT2D eigenvalue weighted by atomic mass is 32.2. The maximum atomic E-state index is 12.0. The smallest absolute Gasteiger partial charge is 0.291 e. The molecule has 1 aromatic rings. The van der Waals surface area contributed by atoms with Crippen molar-refractivity contribution in [3.63, 3.8) is 0 Å². The van der Waals surface area contributed by atoms with Crippen molar-refractivity contribution < 1.29 is 4.79 Å². The van der Waals surface area contributed by atoms with E-state index >= 15 is 0 Å². The Kier molecular flexibility index (Phi) is 4.63. The molecule has 1 amide bonds. The zero-order chi connectivity index (χ0) is 13.0. The zero-order valence-corrected chi connectivity index (χ0v) is 11.7. The van der Waals surface area contributed by atoms with Crippen LogP contribution in [0.15, 0.2) is 0 Å². The lowest BCUT2D eigenvalue weighted by Gasteiger charge is -2.28. The molecule has 100 valence electrons. The van der Waals surface area contributed by atoms with Crippen LogP contribution in [0, 0.1) is 0 Å². The molecule has 1 aliphatic rings. The third-order valence-corrected chi connectivity index (χ3v) is 4.46. The van der Waals surface area contributed by atoms with E-state index in [0.29, 0.717) is 5.25 Å². The van der Waals surface area contributed by atoms with Crippen molar-refractivity contribution in [1.82, 2.24) is 20.5 Å². The van der Waals surface area contributed by atoms with E-state index in [4.69, 9.17) is 0 Å². The number of carbonyl (C=O) groups is 1. The van der Waals surface area contributed by atoms with Gasteiger partial charge in [0, 0.05) is 17.7 Å². The van der Waals surface area contributed by atoms with E-state index in [2.05, 4.69) is 26.8 Å². The van der Waals surface area contributed by atoms with Gasteiger partial charge in [0.2, 0.25) is 5.82 Å². The monoisotopic (exact) mass is 268 g/mol. The van der Waals surface area contributed by atoms with Crippen molar-refractivity contribution in [2.45, 2.75) is 50.3 Å². The first-order valence-electron chi connectivity index (χ1n) is 6.47. The molecule has 0 aliphatic heterocycles. The van der Waals surface area contributed by atoms with E-state index in [1.807, 2.05) is 18.7 Å². The molecule has 0 aromatic carbocycles. The third-order valence-electron chi connectivity index (χ3n) is 3.36. The van der Waals surface area contributed by atoms with Crippen molar-refractivity contribution in [2.75, 3.05) is 6.26 Å². The average molecular weight is 268 g/mol. The number of amides is 1. The van der Waals surface area contributed by atoms with Crippen LogP contribution in [0.4, 0.5) is 0 Å². The fraction of sp³-hybridized carbons (Fsp3) is 0.750. The Hall–Kier alpha value is -1.04. The fourth-order valence-corrected chi connectivity index (χ4v) is 3.12. The summed E-state index contributed by atoms with van der Waals surface area (Å²) >= 11 is 1.89. The second-order valence-corrected chi connectivity index (χ2v) is 5.79. The topological polar surface area (TPSA) is 70.7 Å². The Labute approximate surface area is 112 Å². The molecular formula is C12H20N4OS. The van der Waals surface area contributed by atoms with Gasteiger partial charge in [-0.25, -0.2) is 4.98 Å². The number of hydrogen-bond acceptors (Lipinski definition) is 4. The lowest BCUT2D eigenvalue weighted by atomic mass is 9.95. The van der Waals surface area contributed by atoms with Gasteiger partial charge in [0.25, 0.3) is 5.91 Å². The molecule has 0 radical (unpaired) electrons. The lowest BCUT2D eigenvalue weighted by molar-refractivity contribution is 0.0918. The minimum absolute atomic E-state index is 0.155. The Bertz CT molecular complexity index is 407. The van der Waals surface area contributed by atoms with E-state index < -0.39 is 0 Å². The molecule has 0 saturated heterocycles. The first-order valence-corrected chi connectivity index (χ1v) is 7.76. The summed E-state index contributed by atoms with van der Waals surface area (Å²) in [6.45, 7) is 1.98. The summed E-state index contributed by atoms with van der Waals surface area (Å²) in [5, 5.41) is 10.4. The van der Waals surface area contributed by atoms with E-state index in [-0.39, 0.29) is 17.8 Å². The highest BCUT2D eigenvalue weighted by Gasteiger charge is 2.24. The predicted molar refractivity (Wildman–Crippen MR) is 72.8 cm³/mol. The number of aromatic nitrogens is 3. The minimum atomic E-state index is -0.155. The number of hydrogen-bond donors (Lipinski definition) is 2. The van der Waals surface area contributed by atoms with Gasteiger partial charge in [-0.05, 0) is 25.5 Å². The second kappa shape index (κ2) is 6.22. The highest BCUT2D eigenvalue weighted by molar-refractivity contribution is 7.99. The van der Waals surface area contributed by atoms with E-state index in [9.17, 15) is 4.79 Å². The quantitative estimate of drug-likeness (QED) is 0.873. The van der Waals surface area contributed by atoms with Gasteiger partial charge in [-0.15, -0.1) is 5.10 Å². The molecule has 2 N–H and O–H groups in total. The van der Waals surface area contributed by atoms with Gasteiger partial charge in [-0.1, -0.05) is 13.3 Å². The molecule has 1 aromatic heterocycles. The number of nitrogens with one attached hydrogen (secondary N) is 2. The Morgan fingerprint density at radius 2 is 2.39 bits per heavy atom. The molecule has 1 fully saturated rings. The molecule has 2 unspecified atom stereocenters. The summed E-state index contributed by atoms with van der Waals surface area (Å²) in [5.74, 6) is 0.863. The second-order valence-electron chi connectivity index (χ2n) is 4.65. The van der Waals surface area contributed by atoms with Crippen LogP contribution in [0.2, 0.25) is 0 Å². The van der Waals surface area contributed by atoms with Gasteiger partial charge in [0.15, 0.2) is 0 Å². The molecule has 2 atom stereocenters. The van der Waals surface area contributed by atoms with Crippen molar-refractivity contribution >= 4 is 17.7 Å². The van der Waals surface area contributed by atoms with Gasteiger partial charge < -0.3 is 5.32 Å². The molecule has 0 spiro atoms. The summed E-state index contributed by atoms with van der Waals surface area (Å²) in [7, 11) is 0. The molecule has 2 rings (SSSR count). The van der Waals surface area contributed by atoms with E-state index in [1.165, 1.54) is 12.8 Å². The Balaban J connectivity index is 1.90. The molecule has 1 aliphatic carbocycles. The first kappa shape index (κ1) is 13.4. The van der Waals surface area contributed by atoms with Crippen molar-refractivity contribution in [3.05, 3.63) is 11.6 Å². The van der Waals surface area contributed by atoms with Gasteiger partial charge in [0.1, 0.15) is 5.82 Å².